The minimum atomic E-state index is -0.873. The summed E-state index contributed by atoms with van der Waals surface area (Å²) in [5.74, 6) is 5.99. The van der Waals surface area contributed by atoms with Gasteiger partial charge >= 0.3 is 6.03 Å². The van der Waals surface area contributed by atoms with Gasteiger partial charge < -0.3 is 5.32 Å². The monoisotopic (exact) mass is 227 g/mol. The second-order valence-electron chi connectivity index (χ2n) is 4.63. The Morgan fingerprint density at radius 1 is 1.56 bits per heavy atom. The van der Waals surface area contributed by atoms with Crippen LogP contribution in [0.3, 0.4) is 0 Å². The number of amides is 2. The Morgan fingerprint density at radius 2 is 2.12 bits per heavy atom. The zero-order valence-electron chi connectivity index (χ0n) is 9.89. The summed E-state index contributed by atoms with van der Waals surface area (Å²) in [5, 5.41) is 8.80. The number of rotatable bonds is 1. The van der Waals surface area contributed by atoms with Crippen molar-refractivity contribution < 1.29 is 9.59 Å². The zero-order chi connectivity index (χ0) is 12.5. The molecule has 0 radical (unpaired) electrons. The third-order valence-electron chi connectivity index (χ3n) is 1.97. The standard InChI is InChI=1S/C9H17N5O2/c1-6-12-14(7(5-15)13(6)10)8(16)11-9(2,3)4/h5,7H,10H2,1-4H3,(H,11,16). The van der Waals surface area contributed by atoms with Gasteiger partial charge in [-0.1, -0.05) is 0 Å². The Hall–Kier alpha value is -1.63. The van der Waals surface area contributed by atoms with Gasteiger partial charge in [-0.05, 0) is 27.7 Å². The molecule has 1 aliphatic heterocycles. The van der Waals surface area contributed by atoms with Crippen LogP contribution in [0.1, 0.15) is 27.7 Å². The molecule has 0 fully saturated rings. The Morgan fingerprint density at radius 3 is 2.56 bits per heavy atom. The molecular formula is C9H17N5O2. The van der Waals surface area contributed by atoms with Gasteiger partial charge in [0.15, 0.2) is 12.5 Å². The van der Waals surface area contributed by atoms with E-state index in [4.69, 9.17) is 5.84 Å². The van der Waals surface area contributed by atoms with Crippen molar-refractivity contribution in [2.75, 3.05) is 0 Å². The molecule has 1 heterocycles. The van der Waals surface area contributed by atoms with Gasteiger partial charge in [0.1, 0.15) is 5.84 Å². The molecule has 7 nitrogen and oxygen atoms in total. The number of hydrogen-bond donors (Lipinski definition) is 2. The summed E-state index contributed by atoms with van der Waals surface area (Å²) in [7, 11) is 0. The van der Waals surface area contributed by atoms with Gasteiger partial charge in [0, 0.05) is 5.54 Å². The van der Waals surface area contributed by atoms with Crippen LogP contribution in [0.25, 0.3) is 0 Å². The third kappa shape index (κ3) is 2.48. The lowest BCUT2D eigenvalue weighted by atomic mass is 10.1. The summed E-state index contributed by atoms with van der Waals surface area (Å²) in [6.45, 7) is 7.15. The fourth-order valence-electron chi connectivity index (χ4n) is 1.24. The average Bonchev–Trinajstić information content (AvgIpc) is 2.40. The molecule has 16 heavy (non-hydrogen) atoms. The van der Waals surface area contributed by atoms with Crippen LogP contribution in [-0.4, -0.2) is 39.9 Å². The molecular weight excluding hydrogens is 210 g/mol. The molecule has 0 bridgehead atoms. The molecule has 0 saturated heterocycles. The highest BCUT2D eigenvalue weighted by atomic mass is 16.2. The van der Waals surface area contributed by atoms with Gasteiger partial charge in [-0.3, -0.25) is 9.80 Å². The van der Waals surface area contributed by atoms with Crippen LogP contribution >= 0.6 is 0 Å². The highest BCUT2D eigenvalue weighted by Crippen LogP contribution is 2.12. The Labute approximate surface area is 94.2 Å². The van der Waals surface area contributed by atoms with Gasteiger partial charge in [-0.15, -0.1) is 0 Å². The van der Waals surface area contributed by atoms with Gasteiger partial charge in [0.05, 0.1) is 0 Å². The minimum absolute atomic E-state index is 0.393. The van der Waals surface area contributed by atoms with Crippen LogP contribution in [0.2, 0.25) is 0 Å². The van der Waals surface area contributed by atoms with Crippen molar-refractivity contribution in [3.05, 3.63) is 0 Å². The van der Waals surface area contributed by atoms with Gasteiger partial charge in [0.2, 0.25) is 0 Å². The van der Waals surface area contributed by atoms with Crippen LogP contribution < -0.4 is 11.2 Å². The van der Waals surface area contributed by atoms with Gasteiger partial charge in [0.25, 0.3) is 0 Å². The van der Waals surface area contributed by atoms with E-state index in [9.17, 15) is 9.59 Å². The van der Waals surface area contributed by atoms with E-state index in [1.54, 1.807) is 6.92 Å². The molecule has 0 aromatic rings. The first-order chi connectivity index (χ1) is 7.26. The highest BCUT2D eigenvalue weighted by molar-refractivity contribution is 5.89. The van der Waals surface area contributed by atoms with Crippen LogP contribution in [0.4, 0.5) is 4.79 Å². The van der Waals surface area contributed by atoms with Crippen molar-refractivity contribution in [1.82, 2.24) is 15.3 Å². The predicted octanol–water partition coefficient (Wildman–Crippen LogP) is -0.156. The first-order valence-corrected chi connectivity index (χ1v) is 4.92. The maximum atomic E-state index is 11.8. The maximum Gasteiger partial charge on any atom is 0.340 e. The first-order valence-electron chi connectivity index (χ1n) is 4.92. The van der Waals surface area contributed by atoms with Crippen LogP contribution in [0.5, 0.6) is 0 Å². The van der Waals surface area contributed by atoms with Gasteiger partial charge in [-0.2, -0.15) is 10.1 Å². The summed E-state index contributed by atoms with van der Waals surface area (Å²) in [5.41, 5.74) is -0.393. The number of aldehydes is 1. The van der Waals surface area contributed by atoms with Crippen LogP contribution in [0, 0.1) is 0 Å². The minimum Gasteiger partial charge on any atom is -0.332 e. The number of amidine groups is 1. The van der Waals surface area contributed by atoms with E-state index in [0.29, 0.717) is 12.1 Å². The number of urea groups is 1. The van der Waals surface area contributed by atoms with Crippen LogP contribution in [-0.2, 0) is 4.79 Å². The van der Waals surface area contributed by atoms with E-state index in [1.807, 2.05) is 20.8 Å². The number of nitrogens with zero attached hydrogens (tertiary/aromatic N) is 3. The number of carbonyl (C=O) groups excluding carboxylic acids is 2. The maximum absolute atomic E-state index is 11.8. The molecule has 0 aliphatic carbocycles. The summed E-state index contributed by atoms with van der Waals surface area (Å²) in [4.78, 5) is 22.6. The SMILES string of the molecule is CC1=NN(C(=O)NC(C)(C)C)C(C=O)N1N. The van der Waals surface area contributed by atoms with E-state index in [0.717, 1.165) is 10.0 Å². The average molecular weight is 227 g/mol. The number of hydrazone groups is 1. The van der Waals surface area contributed by atoms with E-state index in [2.05, 4.69) is 10.4 Å². The molecule has 3 N–H and O–H groups in total. The van der Waals surface area contributed by atoms with Crippen molar-refractivity contribution in [3.8, 4) is 0 Å². The summed E-state index contributed by atoms with van der Waals surface area (Å²) in [6.07, 6.45) is -0.301. The summed E-state index contributed by atoms with van der Waals surface area (Å²) >= 11 is 0. The number of nitrogens with one attached hydrogen (secondary N) is 1. The predicted molar refractivity (Wildman–Crippen MR) is 59.1 cm³/mol. The molecule has 7 heteroatoms. The lowest BCUT2D eigenvalue weighted by Gasteiger charge is -2.26. The quantitative estimate of drug-likeness (QED) is 0.481. The normalized spacial score (nSPS) is 20.8. The summed E-state index contributed by atoms with van der Waals surface area (Å²) < 4.78 is 0. The largest absolute Gasteiger partial charge is 0.340 e. The molecule has 1 rings (SSSR count). The van der Waals surface area contributed by atoms with Crippen molar-refractivity contribution in [2.45, 2.75) is 39.4 Å². The molecule has 2 amide bonds. The summed E-state index contributed by atoms with van der Waals surface area (Å²) in [6, 6.07) is -0.447. The number of hydrazine groups is 1. The molecule has 90 valence electrons. The zero-order valence-corrected chi connectivity index (χ0v) is 9.89. The topological polar surface area (TPSA) is 91.0 Å². The number of nitrogens with two attached hydrogens (primary N) is 1. The third-order valence-corrected chi connectivity index (χ3v) is 1.97. The molecule has 0 spiro atoms. The second-order valence-corrected chi connectivity index (χ2v) is 4.63. The number of carbonyl (C=O) groups is 2. The number of hydrogen-bond acceptors (Lipinski definition) is 5. The van der Waals surface area contributed by atoms with Crippen LogP contribution in [0.15, 0.2) is 5.10 Å². The molecule has 0 aromatic heterocycles. The highest BCUT2D eigenvalue weighted by Gasteiger charge is 2.35. The van der Waals surface area contributed by atoms with Crippen molar-refractivity contribution >= 4 is 18.2 Å². The molecule has 0 aromatic carbocycles. The van der Waals surface area contributed by atoms with Crippen molar-refractivity contribution in [1.29, 1.82) is 0 Å². The van der Waals surface area contributed by atoms with E-state index < -0.39 is 17.7 Å². The van der Waals surface area contributed by atoms with E-state index in [-0.39, 0.29) is 0 Å². The fourth-order valence-corrected chi connectivity index (χ4v) is 1.24. The first kappa shape index (κ1) is 12.4. The molecule has 1 unspecified atom stereocenters. The fraction of sp³-hybridized carbons (Fsp3) is 0.667. The van der Waals surface area contributed by atoms with Crippen molar-refractivity contribution in [3.63, 3.8) is 0 Å². The van der Waals surface area contributed by atoms with E-state index in [1.165, 1.54) is 0 Å². The smallest absolute Gasteiger partial charge is 0.332 e. The van der Waals surface area contributed by atoms with Crippen molar-refractivity contribution in [2.24, 2.45) is 10.9 Å². The Kier molecular flexibility index (Phi) is 3.18. The molecule has 1 aliphatic rings. The second kappa shape index (κ2) is 4.09. The molecule has 0 saturated carbocycles. The van der Waals surface area contributed by atoms with Gasteiger partial charge in [-0.25, -0.2) is 10.6 Å². The lowest BCUT2D eigenvalue weighted by molar-refractivity contribution is -0.114. The Bertz CT molecular complexity index is 333. The van der Waals surface area contributed by atoms with E-state index >= 15 is 0 Å². The molecule has 1 atom stereocenters. The Balaban J connectivity index is 2.81. The lowest BCUT2D eigenvalue weighted by Crippen LogP contribution is -2.54.